The lowest BCUT2D eigenvalue weighted by Gasteiger charge is -2.20. The van der Waals surface area contributed by atoms with E-state index in [1.165, 1.54) is 6.07 Å². The number of aromatic nitrogens is 2. The first-order valence-corrected chi connectivity index (χ1v) is 12.1. The summed E-state index contributed by atoms with van der Waals surface area (Å²) < 4.78 is 39.2. The molecule has 0 saturated carbocycles. The second kappa shape index (κ2) is 10.8. The number of halogens is 3. The molecule has 190 valence electrons. The van der Waals surface area contributed by atoms with Crippen molar-refractivity contribution < 1.29 is 18.0 Å². The van der Waals surface area contributed by atoms with Gasteiger partial charge in [0.1, 0.15) is 0 Å². The SMILES string of the molecule is O=C(NC(Cc1ccccc1)c1ccccc1)c1ccc(-c2cc(-c3cccc(C(F)(F)F)c3)n[nH]2)cc1. The minimum Gasteiger partial charge on any atom is -0.345 e. The summed E-state index contributed by atoms with van der Waals surface area (Å²) >= 11 is 0. The standard InChI is InChI=1S/C31H24F3N3O/c32-31(33,34)26-13-7-12-25(19-26)29-20-28(36-37-29)23-14-16-24(17-15-23)30(38)35-27(22-10-5-2-6-11-22)18-21-8-3-1-4-9-21/h1-17,19-20,27H,18H2,(H,35,38)(H,36,37). The molecule has 1 atom stereocenters. The number of hydrogen-bond donors (Lipinski definition) is 2. The van der Waals surface area contributed by atoms with Gasteiger partial charge in [-0.25, -0.2) is 0 Å². The van der Waals surface area contributed by atoms with Crippen LogP contribution in [0.25, 0.3) is 22.5 Å². The number of nitrogens with one attached hydrogen (secondary N) is 2. The van der Waals surface area contributed by atoms with Crippen molar-refractivity contribution >= 4 is 5.91 Å². The zero-order valence-electron chi connectivity index (χ0n) is 20.2. The van der Waals surface area contributed by atoms with Crippen LogP contribution in [0, 0.1) is 0 Å². The molecular weight excluding hydrogens is 487 g/mol. The summed E-state index contributed by atoms with van der Waals surface area (Å²) in [5.74, 6) is -0.199. The van der Waals surface area contributed by atoms with Crippen LogP contribution in [0.5, 0.6) is 0 Å². The van der Waals surface area contributed by atoms with E-state index in [-0.39, 0.29) is 11.9 Å². The summed E-state index contributed by atoms with van der Waals surface area (Å²) in [6.45, 7) is 0. The van der Waals surface area contributed by atoms with Crippen molar-refractivity contribution in [1.29, 1.82) is 0 Å². The molecule has 2 N–H and O–H groups in total. The number of aromatic amines is 1. The molecule has 0 spiro atoms. The highest BCUT2D eigenvalue weighted by Crippen LogP contribution is 2.32. The number of carbonyl (C=O) groups excluding carboxylic acids is 1. The van der Waals surface area contributed by atoms with Crippen molar-refractivity contribution in [3.63, 3.8) is 0 Å². The lowest BCUT2D eigenvalue weighted by molar-refractivity contribution is -0.137. The maximum Gasteiger partial charge on any atom is 0.416 e. The summed E-state index contributed by atoms with van der Waals surface area (Å²) in [5, 5.41) is 10.2. The number of nitrogens with zero attached hydrogens (tertiary/aromatic N) is 1. The van der Waals surface area contributed by atoms with Crippen molar-refractivity contribution in [2.24, 2.45) is 0 Å². The van der Waals surface area contributed by atoms with Gasteiger partial charge < -0.3 is 5.32 Å². The minimum absolute atomic E-state index is 0.199. The number of H-pyrrole nitrogens is 1. The Kier molecular flexibility index (Phi) is 7.09. The first-order chi connectivity index (χ1) is 18.4. The number of alkyl halides is 3. The monoisotopic (exact) mass is 511 g/mol. The highest BCUT2D eigenvalue weighted by Gasteiger charge is 2.30. The topological polar surface area (TPSA) is 57.8 Å². The van der Waals surface area contributed by atoms with Crippen molar-refractivity contribution in [2.75, 3.05) is 0 Å². The normalized spacial score (nSPS) is 12.2. The Bertz CT molecular complexity index is 1510. The Morgan fingerprint density at radius 2 is 1.47 bits per heavy atom. The zero-order chi connectivity index (χ0) is 26.5. The Morgan fingerprint density at radius 1 is 0.789 bits per heavy atom. The van der Waals surface area contributed by atoms with E-state index in [0.29, 0.717) is 28.9 Å². The van der Waals surface area contributed by atoms with Gasteiger partial charge in [-0.05, 0) is 53.4 Å². The molecule has 0 radical (unpaired) electrons. The van der Waals surface area contributed by atoms with Gasteiger partial charge in [-0.2, -0.15) is 18.3 Å². The van der Waals surface area contributed by atoms with Gasteiger partial charge in [-0.15, -0.1) is 0 Å². The van der Waals surface area contributed by atoms with E-state index >= 15 is 0 Å². The summed E-state index contributed by atoms with van der Waals surface area (Å²) in [4.78, 5) is 13.1. The molecule has 0 aliphatic rings. The fourth-order valence-electron chi connectivity index (χ4n) is 4.30. The second-order valence-corrected chi connectivity index (χ2v) is 8.95. The minimum atomic E-state index is -4.42. The number of rotatable bonds is 7. The van der Waals surface area contributed by atoms with E-state index in [1.54, 1.807) is 36.4 Å². The molecule has 1 aromatic heterocycles. The van der Waals surface area contributed by atoms with Crippen molar-refractivity contribution in [3.8, 4) is 22.5 Å². The van der Waals surface area contributed by atoms with Gasteiger partial charge in [0.05, 0.1) is 23.0 Å². The number of amides is 1. The molecule has 4 aromatic carbocycles. The molecule has 1 heterocycles. The molecule has 38 heavy (non-hydrogen) atoms. The Hall–Kier alpha value is -4.65. The Morgan fingerprint density at radius 3 is 2.16 bits per heavy atom. The third kappa shape index (κ3) is 5.83. The Labute approximate surface area is 218 Å². The molecule has 4 nitrogen and oxygen atoms in total. The fraction of sp³-hybridized carbons (Fsp3) is 0.0968. The summed E-state index contributed by atoms with van der Waals surface area (Å²) in [5.41, 5.74) is 4.07. The molecule has 1 unspecified atom stereocenters. The van der Waals surface area contributed by atoms with Crippen molar-refractivity contribution in [1.82, 2.24) is 15.5 Å². The summed E-state index contributed by atoms with van der Waals surface area (Å²) in [6.07, 6.45) is -3.77. The molecular formula is C31H24F3N3O. The first kappa shape index (κ1) is 25.0. The fourth-order valence-corrected chi connectivity index (χ4v) is 4.30. The van der Waals surface area contributed by atoms with Crippen LogP contribution in [-0.2, 0) is 12.6 Å². The third-order valence-corrected chi connectivity index (χ3v) is 6.31. The zero-order valence-corrected chi connectivity index (χ0v) is 20.2. The predicted octanol–water partition coefficient (Wildman–Crippen LogP) is 7.48. The molecule has 0 bridgehead atoms. The van der Waals surface area contributed by atoms with Crippen molar-refractivity contribution in [3.05, 3.63) is 138 Å². The number of carbonyl (C=O) groups is 1. The predicted molar refractivity (Wildman–Crippen MR) is 141 cm³/mol. The second-order valence-electron chi connectivity index (χ2n) is 8.95. The Balaban J connectivity index is 1.32. The van der Waals surface area contributed by atoms with E-state index < -0.39 is 11.7 Å². The van der Waals surface area contributed by atoms with Gasteiger partial charge in [0.15, 0.2) is 0 Å². The third-order valence-electron chi connectivity index (χ3n) is 6.31. The molecule has 0 aliphatic carbocycles. The molecule has 0 saturated heterocycles. The van der Waals surface area contributed by atoms with Crippen molar-refractivity contribution in [2.45, 2.75) is 18.6 Å². The average Bonchev–Trinajstić information content (AvgIpc) is 3.44. The highest BCUT2D eigenvalue weighted by atomic mass is 19.4. The quantitative estimate of drug-likeness (QED) is 0.238. The van der Waals surface area contributed by atoms with Crippen LogP contribution in [-0.4, -0.2) is 16.1 Å². The van der Waals surface area contributed by atoms with Gasteiger partial charge in [0, 0.05) is 11.1 Å². The number of benzene rings is 4. The average molecular weight is 512 g/mol. The van der Waals surface area contributed by atoms with Gasteiger partial charge >= 0.3 is 6.18 Å². The smallest absolute Gasteiger partial charge is 0.345 e. The highest BCUT2D eigenvalue weighted by molar-refractivity contribution is 5.95. The molecule has 0 aliphatic heterocycles. The van der Waals surface area contributed by atoms with Crippen LogP contribution in [0.4, 0.5) is 13.2 Å². The molecule has 5 aromatic rings. The summed E-state index contributed by atoms with van der Waals surface area (Å²) in [7, 11) is 0. The summed E-state index contributed by atoms with van der Waals surface area (Å²) in [6, 6.07) is 33.4. The first-order valence-electron chi connectivity index (χ1n) is 12.1. The van der Waals surface area contributed by atoms with Gasteiger partial charge in [-0.3, -0.25) is 9.89 Å². The van der Waals surface area contributed by atoms with Crippen LogP contribution in [0.1, 0.15) is 33.1 Å². The van der Waals surface area contributed by atoms with E-state index in [0.717, 1.165) is 28.8 Å². The molecule has 7 heteroatoms. The van der Waals surface area contributed by atoms with Gasteiger partial charge in [-0.1, -0.05) is 84.9 Å². The maximum absolute atomic E-state index is 13.1. The van der Waals surface area contributed by atoms with E-state index in [2.05, 4.69) is 15.5 Å². The lowest BCUT2D eigenvalue weighted by atomic mass is 9.98. The van der Waals surface area contributed by atoms with Crippen LogP contribution in [0.15, 0.2) is 115 Å². The van der Waals surface area contributed by atoms with E-state index in [1.807, 2.05) is 60.7 Å². The van der Waals surface area contributed by atoms with E-state index in [9.17, 15) is 18.0 Å². The van der Waals surface area contributed by atoms with Gasteiger partial charge in [0.25, 0.3) is 5.91 Å². The van der Waals surface area contributed by atoms with E-state index in [4.69, 9.17) is 0 Å². The lowest BCUT2D eigenvalue weighted by Crippen LogP contribution is -2.30. The maximum atomic E-state index is 13.1. The van der Waals surface area contributed by atoms with Crippen LogP contribution >= 0.6 is 0 Å². The number of hydrogen-bond acceptors (Lipinski definition) is 2. The largest absolute Gasteiger partial charge is 0.416 e. The molecule has 5 rings (SSSR count). The molecule has 0 fully saturated rings. The molecule has 1 amide bonds. The van der Waals surface area contributed by atoms with Crippen LogP contribution in [0.2, 0.25) is 0 Å². The van der Waals surface area contributed by atoms with Crippen LogP contribution in [0.3, 0.4) is 0 Å². The van der Waals surface area contributed by atoms with Gasteiger partial charge in [0.2, 0.25) is 0 Å². The van der Waals surface area contributed by atoms with Crippen LogP contribution < -0.4 is 5.32 Å².